The summed E-state index contributed by atoms with van der Waals surface area (Å²) in [7, 11) is 0. The average molecular weight is 977 g/mol. The second-order valence-corrected chi connectivity index (χ2v) is 20.2. The van der Waals surface area contributed by atoms with Gasteiger partial charge in [-0.15, -0.1) is 0 Å². The third kappa shape index (κ3) is 7.44. The van der Waals surface area contributed by atoms with Crippen LogP contribution in [0.4, 0.5) is 34.1 Å². The van der Waals surface area contributed by atoms with Gasteiger partial charge in [-0.25, -0.2) is 0 Å². The van der Waals surface area contributed by atoms with Crippen LogP contribution in [-0.2, 0) is 0 Å². The highest BCUT2D eigenvalue weighted by molar-refractivity contribution is 6.10. The molecule has 0 spiro atoms. The van der Waals surface area contributed by atoms with Crippen molar-refractivity contribution in [1.29, 1.82) is 0 Å². The van der Waals surface area contributed by atoms with Crippen LogP contribution in [0.15, 0.2) is 251 Å². The molecule has 0 saturated heterocycles. The summed E-state index contributed by atoms with van der Waals surface area (Å²) in [5.41, 5.74) is 21.9. The molecule has 0 saturated carbocycles. The van der Waals surface area contributed by atoms with E-state index < -0.39 is 0 Å². The van der Waals surface area contributed by atoms with Gasteiger partial charge in [0, 0.05) is 54.8 Å². The van der Waals surface area contributed by atoms with E-state index in [0.717, 1.165) is 111 Å². The maximum atomic E-state index is 6.31. The van der Waals surface area contributed by atoms with Crippen LogP contribution in [0.5, 0.6) is 0 Å². The number of rotatable bonds is 9. The third-order valence-corrected chi connectivity index (χ3v) is 15.5. The summed E-state index contributed by atoms with van der Waals surface area (Å²) in [5.74, 6) is 0. The first-order valence-corrected chi connectivity index (χ1v) is 26.1. The number of fused-ring (bicyclic) bond motifs is 8. The Balaban J connectivity index is 0.907. The van der Waals surface area contributed by atoms with E-state index >= 15 is 0 Å². The number of nitrogens with zero attached hydrogens (tertiary/aromatic N) is 2. The van der Waals surface area contributed by atoms with Crippen molar-refractivity contribution in [3.05, 3.63) is 265 Å². The lowest BCUT2D eigenvalue weighted by Gasteiger charge is -2.32. The normalized spacial score (nSPS) is 11.7. The predicted molar refractivity (Wildman–Crippen MR) is 321 cm³/mol. The molecular formula is C72H52N2O2. The van der Waals surface area contributed by atoms with Crippen LogP contribution in [0.25, 0.3) is 98.8 Å². The van der Waals surface area contributed by atoms with Gasteiger partial charge in [0.1, 0.15) is 22.3 Å². The molecule has 0 radical (unpaired) electrons. The quantitative estimate of drug-likeness (QED) is 0.144. The van der Waals surface area contributed by atoms with Crippen molar-refractivity contribution in [3.8, 4) is 33.4 Å². The number of furan rings is 2. The molecule has 0 bridgehead atoms. The molecule has 0 aliphatic carbocycles. The Hall–Kier alpha value is -9.64. The zero-order valence-electron chi connectivity index (χ0n) is 42.8. The topological polar surface area (TPSA) is 32.8 Å². The number of hydrogen-bond acceptors (Lipinski definition) is 4. The zero-order chi connectivity index (χ0) is 51.0. The van der Waals surface area contributed by atoms with E-state index in [1.54, 1.807) is 0 Å². The number of para-hydroxylation sites is 4. The highest BCUT2D eigenvalue weighted by atomic mass is 16.3. The van der Waals surface area contributed by atoms with E-state index in [4.69, 9.17) is 8.83 Å². The zero-order valence-corrected chi connectivity index (χ0v) is 42.8. The molecule has 0 unspecified atom stereocenters. The third-order valence-electron chi connectivity index (χ3n) is 15.5. The lowest BCUT2D eigenvalue weighted by Crippen LogP contribution is -2.15. The van der Waals surface area contributed by atoms with Gasteiger partial charge in [-0.1, -0.05) is 170 Å². The molecule has 2 heterocycles. The molecule has 4 nitrogen and oxygen atoms in total. The standard InChI is InChI=1S/C72H52N2O2/c1-45-17-13-27-57(53-35-39-69-61(43-53)59-25-9-11-31-67(59)75-69)71(45)73(65-29-15-21-49-19-5-7-23-55(49)65)63-37-33-51(41-47(63)3)52-34-38-64(48(4)42-52)74(66-30-16-22-50-20-6-8-24-56(50)66)72-46(2)18-14-28-58(72)54-36-40-70-62(44-54)60-26-10-12-32-68(60)76-70/h5-44H,1-4H3. The SMILES string of the molecule is Cc1cc(-c2ccc(N(c3c(C)cccc3-c3ccc4oc5ccccc5c4c3)c3cccc4ccccc34)c(C)c2)ccc1N(c1c(C)cccc1-c1ccc2oc3ccccc3c2c1)c1cccc2ccccc12. The number of benzene rings is 12. The van der Waals surface area contributed by atoms with Gasteiger partial charge >= 0.3 is 0 Å². The van der Waals surface area contributed by atoms with E-state index in [2.05, 4.69) is 256 Å². The van der Waals surface area contributed by atoms with Gasteiger partial charge in [0.2, 0.25) is 0 Å². The first-order chi connectivity index (χ1) is 37.3. The monoisotopic (exact) mass is 976 g/mol. The summed E-state index contributed by atoms with van der Waals surface area (Å²) in [5, 5.41) is 9.22. The van der Waals surface area contributed by atoms with Gasteiger partial charge < -0.3 is 18.6 Å². The lowest BCUT2D eigenvalue weighted by molar-refractivity contribution is 0.668. The van der Waals surface area contributed by atoms with Gasteiger partial charge in [0.15, 0.2) is 0 Å². The second kappa shape index (κ2) is 18.1. The molecule has 0 amide bonds. The molecule has 12 aromatic carbocycles. The Morgan fingerprint density at radius 3 is 1.07 bits per heavy atom. The summed E-state index contributed by atoms with van der Waals surface area (Å²) in [4.78, 5) is 4.99. The fourth-order valence-electron chi connectivity index (χ4n) is 11.9. The van der Waals surface area contributed by atoms with E-state index in [0.29, 0.717) is 0 Å². The molecule has 14 aromatic rings. The highest BCUT2D eigenvalue weighted by Gasteiger charge is 2.26. The van der Waals surface area contributed by atoms with Crippen molar-refractivity contribution in [3.63, 3.8) is 0 Å². The molecule has 2 aromatic heterocycles. The molecule has 76 heavy (non-hydrogen) atoms. The van der Waals surface area contributed by atoms with Gasteiger partial charge in [0.05, 0.1) is 22.7 Å². The first-order valence-electron chi connectivity index (χ1n) is 26.1. The minimum absolute atomic E-state index is 0.887. The van der Waals surface area contributed by atoms with Gasteiger partial charge in [-0.05, 0) is 156 Å². The van der Waals surface area contributed by atoms with Gasteiger partial charge in [0.25, 0.3) is 0 Å². The molecule has 0 fully saturated rings. The van der Waals surface area contributed by atoms with Crippen molar-refractivity contribution in [2.45, 2.75) is 27.7 Å². The molecule has 0 aliphatic heterocycles. The lowest BCUT2D eigenvalue weighted by atomic mass is 9.94. The van der Waals surface area contributed by atoms with Crippen molar-refractivity contribution < 1.29 is 8.83 Å². The Morgan fingerprint density at radius 1 is 0.250 bits per heavy atom. The molecule has 0 N–H and O–H groups in total. The molecule has 4 heteroatoms. The summed E-state index contributed by atoms with van der Waals surface area (Å²) >= 11 is 0. The van der Waals surface area contributed by atoms with Crippen molar-refractivity contribution in [2.75, 3.05) is 9.80 Å². The van der Waals surface area contributed by atoms with E-state index in [9.17, 15) is 0 Å². The number of hydrogen-bond donors (Lipinski definition) is 0. The van der Waals surface area contributed by atoms with Crippen molar-refractivity contribution in [2.24, 2.45) is 0 Å². The highest BCUT2D eigenvalue weighted by Crippen LogP contribution is 2.50. The van der Waals surface area contributed by atoms with Crippen LogP contribution in [-0.4, -0.2) is 0 Å². The Morgan fingerprint density at radius 2 is 0.618 bits per heavy atom. The smallest absolute Gasteiger partial charge is 0.135 e. The molecule has 0 aliphatic rings. The second-order valence-electron chi connectivity index (χ2n) is 20.2. The maximum Gasteiger partial charge on any atom is 0.135 e. The van der Waals surface area contributed by atoms with Crippen LogP contribution < -0.4 is 9.80 Å². The Bertz CT molecular complexity index is 4310. The molecular weight excluding hydrogens is 925 g/mol. The summed E-state index contributed by atoms with van der Waals surface area (Å²) < 4.78 is 12.6. The van der Waals surface area contributed by atoms with Crippen LogP contribution in [0.3, 0.4) is 0 Å². The Labute approximate surface area is 441 Å². The summed E-state index contributed by atoms with van der Waals surface area (Å²) in [6, 6.07) is 87.9. The Kier molecular flexibility index (Phi) is 10.7. The van der Waals surface area contributed by atoms with Crippen LogP contribution in [0.1, 0.15) is 22.3 Å². The van der Waals surface area contributed by atoms with Gasteiger partial charge in [-0.3, -0.25) is 0 Å². The van der Waals surface area contributed by atoms with Crippen molar-refractivity contribution in [1.82, 2.24) is 0 Å². The number of aryl methyl sites for hydroxylation is 4. The van der Waals surface area contributed by atoms with Crippen LogP contribution >= 0.6 is 0 Å². The van der Waals surface area contributed by atoms with Gasteiger partial charge in [-0.2, -0.15) is 0 Å². The average Bonchev–Trinajstić information content (AvgIpc) is 4.03. The van der Waals surface area contributed by atoms with Crippen LogP contribution in [0.2, 0.25) is 0 Å². The van der Waals surface area contributed by atoms with Crippen LogP contribution in [0, 0.1) is 27.7 Å². The minimum Gasteiger partial charge on any atom is -0.456 e. The summed E-state index contributed by atoms with van der Waals surface area (Å²) in [6.07, 6.45) is 0. The minimum atomic E-state index is 0.887. The largest absolute Gasteiger partial charge is 0.456 e. The van der Waals surface area contributed by atoms with E-state index in [-0.39, 0.29) is 0 Å². The number of anilines is 6. The molecule has 362 valence electrons. The fourth-order valence-corrected chi connectivity index (χ4v) is 11.9. The molecule has 14 rings (SSSR count). The fraction of sp³-hybridized carbons (Fsp3) is 0.0556. The van der Waals surface area contributed by atoms with Crippen molar-refractivity contribution >= 4 is 99.5 Å². The predicted octanol–water partition coefficient (Wildman–Crippen LogP) is 21.0. The maximum absolute atomic E-state index is 6.31. The first kappa shape index (κ1) is 45.0. The summed E-state index contributed by atoms with van der Waals surface area (Å²) in [6.45, 7) is 8.98. The molecule has 0 atom stereocenters. The van der Waals surface area contributed by atoms with E-state index in [1.807, 2.05) is 24.3 Å². The van der Waals surface area contributed by atoms with E-state index in [1.165, 1.54) is 43.8 Å².